The summed E-state index contributed by atoms with van der Waals surface area (Å²) >= 11 is 3.31. The van der Waals surface area contributed by atoms with Crippen LogP contribution in [-0.2, 0) is 0 Å². The Morgan fingerprint density at radius 3 is 3.00 bits per heavy atom. The number of nitrogens with one attached hydrogen (secondary N) is 1. The highest BCUT2D eigenvalue weighted by atomic mass is 79.9. The maximum absolute atomic E-state index is 12.1. The highest BCUT2D eigenvalue weighted by molar-refractivity contribution is 9.10. The Labute approximate surface area is 116 Å². The van der Waals surface area contributed by atoms with Gasteiger partial charge in [0.25, 0.3) is 5.91 Å². The van der Waals surface area contributed by atoms with E-state index in [4.69, 9.17) is 0 Å². The van der Waals surface area contributed by atoms with E-state index >= 15 is 0 Å². The van der Waals surface area contributed by atoms with Gasteiger partial charge in [-0.3, -0.25) is 4.79 Å². The van der Waals surface area contributed by atoms with E-state index < -0.39 is 0 Å². The third kappa shape index (κ3) is 3.53. The number of likely N-dealkylation sites (N-methyl/N-ethyl adjacent to an activating group) is 1. The molecule has 0 saturated carbocycles. The largest absolute Gasteiger partial charge is 0.339 e. The fourth-order valence-electron chi connectivity index (χ4n) is 2.19. The van der Waals surface area contributed by atoms with E-state index in [9.17, 15) is 4.79 Å². The van der Waals surface area contributed by atoms with Crippen LogP contribution in [0.1, 0.15) is 29.8 Å². The molecule has 98 valence electrons. The molecule has 18 heavy (non-hydrogen) atoms. The third-order valence-electron chi connectivity index (χ3n) is 3.20. The van der Waals surface area contributed by atoms with Crippen LogP contribution in [0.3, 0.4) is 0 Å². The second-order valence-corrected chi connectivity index (χ2v) is 5.61. The third-order valence-corrected chi connectivity index (χ3v) is 3.67. The normalized spacial score (nSPS) is 19.6. The molecule has 2 heterocycles. The summed E-state index contributed by atoms with van der Waals surface area (Å²) in [6.45, 7) is 1.81. The van der Waals surface area contributed by atoms with E-state index in [1.54, 1.807) is 17.2 Å². The van der Waals surface area contributed by atoms with Gasteiger partial charge in [-0.2, -0.15) is 0 Å². The standard InChI is InChI=1S/C13H18BrN3O/c1-17(9-11-4-2-3-7-15-11)13(18)12-6-5-10(14)8-16-12/h5-6,8,11,15H,2-4,7,9H2,1H3. The van der Waals surface area contributed by atoms with Gasteiger partial charge in [-0.1, -0.05) is 6.42 Å². The first-order chi connectivity index (χ1) is 8.66. The van der Waals surface area contributed by atoms with Gasteiger partial charge < -0.3 is 10.2 Å². The first-order valence-electron chi connectivity index (χ1n) is 6.27. The molecule has 0 spiro atoms. The number of piperidine rings is 1. The molecule has 1 fully saturated rings. The quantitative estimate of drug-likeness (QED) is 0.929. The smallest absolute Gasteiger partial charge is 0.272 e. The molecular weight excluding hydrogens is 294 g/mol. The number of hydrogen-bond acceptors (Lipinski definition) is 3. The number of nitrogens with zero attached hydrogens (tertiary/aromatic N) is 2. The Balaban J connectivity index is 1.93. The molecule has 1 aromatic rings. The Morgan fingerprint density at radius 2 is 2.39 bits per heavy atom. The van der Waals surface area contributed by atoms with Gasteiger partial charge in [0.2, 0.25) is 0 Å². The number of hydrogen-bond donors (Lipinski definition) is 1. The summed E-state index contributed by atoms with van der Waals surface area (Å²) in [5.41, 5.74) is 0.497. The zero-order valence-electron chi connectivity index (χ0n) is 10.5. The van der Waals surface area contributed by atoms with Crippen LogP contribution >= 0.6 is 15.9 Å². The number of carbonyl (C=O) groups is 1. The predicted octanol–water partition coefficient (Wildman–Crippen LogP) is 2.06. The van der Waals surface area contributed by atoms with Crippen molar-refractivity contribution < 1.29 is 4.79 Å². The lowest BCUT2D eigenvalue weighted by molar-refractivity contribution is 0.0769. The van der Waals surface area contributed by atoms with Crippen LogP contribution in [0.25, 0.3) is 0 Å². The van der Waals surface area contributed by atoms with Crippen molar-refractivity contribution in [3.8, 4) is 0 Å². The van der Waals surface area contributed by atoms with Gasteiger partial charge in [-0.25, -0.2) is 4.98 Å². The van der Waals surface area contributed by atoms with Crippen LogP contribution in [0.4, 0.5) is 0 Å². The predicted molar refractivity (Wildman–Crippen MR) is 74.5 cm³/mol. The summed E-state index contributed by atoms with van der Waals surface area (Å²) in [6.07, 6.45) is 5.28. The summed E-state index contributed by atoms with van der Waals surface area (Å²) in [5, 5.41) is 3.44. The van der Waals surface area contributed by atoms with Crippen LogP contribution in [0, 0.1) is 0 Å². The molecule has 1 aliphatic rings. The van der Waals surface area contributed by atoms with Gasteiger partial charge in [0.15, 0.2) is 0 Å². The Hall–Kier alpha value is -0.940. The SMILES string of the molecule is CN(CC1CCCCN1)C(=O)c1ccc(Br)cn1. The maximum atomic E-state index is 12.1. The molecule has 0 aromatic carbocycles. The number of pyridine rings is 1. The van der Waals surface area contributed by atoms with Crippen molar-refractivity contribution in [3.05, 3.63) is 28.5 Å². The first-order valence-corrected chi connectivity index (χ1v) is 7.06. The lowest BCUT2D eigenvalue weighted by Gasteiger charge is -2.28. The van der Waals surface area contributed by atoms with Gasteiger partial charge in [0, 0.05) is 30.3 Å². The van der Waals surface area contributed by atoms with Crippen molar-refractivity contribution in [2.24, 2.45) is 0 Å². The highest BCUT2D eigenvalue weighted by Gasteiger charge is 2.19. The monoisotopic (exact) mass is 311 g/mol. The van der Waals surface area contributed by atoms with Gasteiger partial charge in [0.1, 0.15) is 5.69 Å². The fraction of sp³-hybridized carbons (Fsp3) is 0.538. The molecule has 1 N–H and O–H groups in total. The Morgan fingerprint density at radius 1 is 1.56 bits per heavy atom. The zero-order valence-corrected chi connectivity index (χ0v) is 12.1. The van der Waals surface area contributed by atoms with E-state index in [2.05, 4.69) is 26.2 Å². The molecule has 0 aliphatic carbocycles. The summed E-state index contributed by atoms with van der Waals surface area (Å²) in [4.78, 5) is 18.0. The van der Waals surface area contributed by atoms with Crippen molar-refractivity contribution in [2.75, 3.05) is 20.1 Å². The minimum Gasteiger partial charge on any atom is -0.339 e. The van der Waals surface area contributed by atoms with Crippen LogP contribution < -0.4 is 5.32 Å². The van der Waals surface area contributed by atoms with Gasteiger partial charge in [-0.05, 0) is 47.4 Å². The summed E-state index contributed by atoms with van der Waals surface area (Å²) < 4.78 is 0.885. The van der Waals surface area contributed by atoms with E-state index in [0.29, 0.717) is 11.7 Å². The van der Waals surface area contributed by atoms with Crippen molar-refractivity contribution in [1.82, 2.24) is 15.2 Å². The summed E-state index contributed by atoms with van der Waals surface area (Å²) in [7, 11) is 1.84. The number of carbonyl (C=O) groups excluding carboxylic acids is 1. The topological polar surface area (TPSA) is 45.2 Å². The maximum Gasteiger partial charge on any atom is 0.272 e. The van der Waals surface area contributed by atoms with Crippen molar-refractivity contribution in [1.29, 1.82) is 0 Å². The molecule has 2 rings (SSSR count). The lowest BCUT2D eigenvalue weighted by atomic mass is 10.0. The lowest BCUT2D eigenvalue weighted by Crippen LogP contribution is -2.44. The molecule has 1 aliphatic heterocycles. The molecular formula is C13H18BrN3O. The number of halogens is 1. The first kappa shape index (κ1) is 13.5. The van der Waals surface area contributed by atoms with Gasteiger partial charge in [-0.15, -0.1) is 0 Å². The number of rotatable bonds is 3. The fourth-order valence-corrected chi connectivity index (χ4v) is 2.43. The van der Waals surface area contributed by atoms with E-state index in [1.165, 1.54) is 12.8 Å². The average molecular weight is 312 g/mol. The summed E-state index contributed by atoms with van der Waals surface area (Å²) in [5.74, 6) is -0.0186. The molecule has 4 nitrogen and oxygen atoms in total. The Bertz CT molecular complexity index is 401. The second kappa shape index (κ2) is 6.29. The van der Waals surface area contributed by atoms with E-state index in [-0.39, 0.29) is 5.91 Å². The molecule has 5 heteroatoms. The van der Waals surface area contributed by atoms with Crippen molar-refractivity contribution >= 4 is 21.8 Å². The molecule has 0 bridgehead atoms. The zero-order chi connectivity index (χ0) is 13.0. The molecule has 1 aromatic heterocycles. The number of aromatic nitrogens is 1. The van der Waals surface area contributed by atoms with Crippen LogP contribution in [-0.4, -0.2) is 42.0 Å². The Kier molecular flexibility index (Phi) is 4.72. The van der Waals surface area contributed by atoms with Crippen molar-refractivity contribution in [3.63, 3.8) is 0 Å². The van der Waals surface area contributed by atoms with Gasteiger partial charge >= 0.3 is 0 Å². The highest BCUT2D eigenvalue weighted by Crippen LogP contribution is 2.11. The molecule has 0 radical (unpaired) electrons. The summed E-state index contributed by atoms with van der Waals surface area (Å²) in [6, 6.07) is 4.01. The molecule has 1 saturated heterocycles. The van der Waals surface area contributed by atoms with Crippen molar-refractivity contribution in [2.45, 2.75) is 25.3 Å². The van der Waals surface area contributed by atoms with Crippen LogP contribution in [0.5, 0.6) is 0 Å². The number of amides is 1. The van der Waals surface area contributed by atoms with E-state index in [0.717, 1.165) is 24.0 Å². The minimum atomic E-state index is -0.0186. The average Bonchev–Trinajstić information content (AvgIpc) is 2.40. The van der Waals surface area contributed by atoms with E-state index in [1.807, 2.05) is 13.1 Å². The second-order valence-electron chi connectivity index (χ2n) is 4.69. The van der Waals surface area contributed by atoms with Gasteiger partial charge in [0.05, 0.1) is 0 Å². The molecule has 1 amide bonds. The molecule has 1 unspecified atom stereocenters. The van der Waals surface area contributed by atoms with Crippen LogP contribution in [0.15, 0.2) is 22.8 Å². The molecule has 1 atom stereocenters. The minimum absolute atomic E-state index is 0.0186. The van der Waals surface area contributed by atoms with Crippen LogP contribution in [0.2, 0.25) is 0 Å².